The Hall–Kier alpha value is -1.94. The third-order valence-corrected chi connectivity index (χ3v) is 5.72. The number of halogens is 1. The van der Waals surface area contributed by atoms with E-state index in [9.17, 15) is 13.7 Å². The molecule has 23 heavy (non-hydrogen) atoms. The lowest BCUT2D eigenvalue weighted by atomic mass is 10.3. The molecule has 0 aliphatic carbocycles. The van der Waals surface area contributed by atoms with E-state index >= 15 is 0 Å². The van der Waals surface area contributed by atoms with Gasteiger partial charge in [-0.1, -0.05) is 35.9 Å². The van der Waals surface area contributed by atoms with Crippen molar-refractivity contribution >= 4 is 38.9 Å². The maximum Gasteiger partial charge on any atom is 0.219 e. The van der Waals surface area contributed by atoms with Gasteiger partial charge < -0.3 is 5.32 Å². The SMILES string of the molecule is CSC(Nc1cccc(Cl)c1)=C(C#N)S(=O)(=O)c1ccccc1. The van der Waals surface area contributed by atoms with Gasteiger partial charge in [-0.25, -0.2) is 8.42 Å². The van der Waals surface area contributed by atoms with Crippen LogP contribution >= 0.6 is 23.4 Å². The highest BCUT2D eigenvalue weighted by Crippen LogP contribution is 2.28. The number of nitriles is 1. The first kappa shape index (κ1) is 17.4. The summed E-state index contributed by atoms with van der Waals surface area (Å²) in [7, 11) is -3.89. The number of hydrogen-bond donors (Lipinski definition) is 1. The molecule has 0 heterocycles. The molecule has 118 valence electrons. The van der Waals surface area contributed by atoms with Crippen molar-refractivity contribution in [3.05, 3.63) is 69.6 Å². The van der Waals surface area contributed by atoms with Crippen LogP contribution in [0.3, 0.4) is 0 Å². The van der Waals surface area contributed by atoms with Gasteiger partial charge in [-0.2, -0.15) is 5.26 Å². The summed E-state index contributed by atoms with van der Waals surface area (Å²) in [4.78, 5) is -0.243. The molecule has 2 aromatic carbocycles. The van der Waals surface area contributed by atoms with E-state index in [1.165, 1.54) is 12.1 Å². The summed E-state index contributed by atoms with van der Waals surface area (Å²) in [6, 6.07) is 16.5. The molecule has 0 saturated heterocycles. The molecule has 0 saturated carbocycles. The molecule has 7 heteroatoms. The minimum absolute atomic E-state index is 0.0796. The fraction of sp³-hybridized carbons (Fsp3) is 0.0625. The van der Waals surface area contributed by atoms with Gasteiger partial charge >= 0.3 is 0 Å². The fourth-order valence-electron chi connectivity index (χ4n) is 1.85. The van der Waals surface area contributed by atoms with Crippen LogP contribution in [0.15, 0.2) is 69.4 Å². The van der Waals surface area contributed by atoms with E-state index in [2.05, 4.69) is 5.32 Å². The van der Waals surface area contributed by atoms with Gasteiger partial charge in [0.1, 0.15) is 11.1 Å². The van der Waals surface area contributed by atoms with Crippen molar-refractivity contribution in [2.75, 3.05) is 11.6 Å². The van der Waals surface area contributed by atoms with E-state index < -0.39 is 9.84 Å². The lowest BCUT2D eigenvalue weighted by molar-refractivity contribution is 0.603. The molecule has 2 rings (SSSR count). The van der Waals surface area contributed by atoms with Gasteiger partial charge in [-0.05, 0) is 36.6 Å². The zero-order chi connectivity index (χ0) is 16.9. The van der Waals surface area contributed by atoms with Crippen molar-refractivity contribution in [3.8, 4) is 6.07 Å². The van der Waals surface area contributed by atoms with E-state index in [0.717, 1.165) is 11.8 Å². The lowest BCUT2D eigenvalue weighted by Gasteiger charge is -2.12. The van der Waals surface area contributed by atoms with Crippen molar-refractivity contribution in [2.24, 2.45) is 0 Å². The predicted octanol–water partition coefficient (Wildman–Crippen LogP) is 4.28. The first-order chi connectivity index (χ1) is 11.0. The number of allylic oxidation sites excluding steroid dienone is 1. The van der Waals surface area contributed by atoms with Crippen LogP contribution < -0.4 is 5.32 Å². The van der Waals surface area contributed by atoms with Crippen LogP contribution in [0.25, 0.3) is 0 Å². The summed E-state index contributed by atoms with van der Waals surface area (Å²) >= 11 is 7.07. The monoisotopic (exact) mass is 364 g/mol. The van der Waals surface area contributed by atoms with Gasteiger partial charge in [-0.15, -0.1) is 11.8 Å². The molecule has 1 N–H and O–H groups in total. The second-order valence-corrected chi connectivity index (χ2v) is 7.57. The van der Waals surface area contributed by atoms with Crippen LogP contribution in [0.4, 0.5) is 5.69 Å². The Morgan fingerprint density at radius 1 is 1.17 bits per heavy atom. The van der Waals surface area contributed by atoms with Crippen LogP contribution in [0.2, 0.25) is 5.02 Å². The molecule has 0 bridgehead atoms. The third kappa shape index (κ3) is 4.08. The van der Waals surface area contributed by atoms with Crippen LogP contribution in [0.1, 0.15) is 0 Å². The van der Waals surface area contributed by atoms with Gasteiger partial charge in [0.25, 0.3) is 0 Å². The molecular weight excluding hydrogens is 352 g/mol. The molecule has 0 aliphatic heterocycles. The van der Waals surface area contributed by atoms with Crippen molar-refractivity contribution in [1.82, 2.24) is 0 Å². The molecular formula is C16H13ClN2O2S2. The minimum Gasteiger partial charge on any atom is -0.349 e. The summed E-state index contributed by atoms with van der Waals surface area (Å²) in [5.41, 5.74) is 0.609. The standard InChI is InChI=1S/C16H13ClN2O2S2/c1-22-16(19-13-7-5-6-12(17)10-13)15(11-18)23(20,21)14-8-3-2-4-9-14/h2-10,19H,1H3. The van der Waals surface area contributed by atoms with Crippen molar-refractivity contribution < 1.29 is 8.42 Å². The van der Waals surface area contributed by atoms with Crippen molar-refractivity contribution in [2.45, 2.75) is 4.90 Å². The molecule has 0 amide bonds. The summed E-state index contributed by atoms with van der Waals surface area (Å²) in [6.45, 7) is 0. The topological polar surface area (TPSA) is 70.0 Å². The van der Waals surface area contributed by atoms with Gasteiger partial charge in [0, 0.05) is 10.7 Å². The van der Waals surface area contributed by atoms with Gasteiger partial charge in [-0.3, -0.25) is 0 Å². The smallest absolute Gasteiger partial charge is 0.219 e. The van der Waals surface area contributed by atoms with E-state index in [1.54, 1.807) is 54.8 Å². The Kier molecular flexibility index (Phi) is 5.72. The highest BCUT2D eigenvalue weighted by atomic mass is 35.5. The molecule has 0 aliphatic rings. The second-order valence-electron chi connectivity index (χ2n) is 4.43. The quantitative estimate of drug-likeness (QED) is 0.802. The first-order valence-corrected chi connectivity index (χ1v) is 9.58. The Morgan fingerprint density at radius 3 is 2.43 bits per heavy atom. The molecule has 0 fully saturated rings. The number of thioether (sulfide) groups is 1. The van der Waals surface area contributed by atoms with Crippen LogP contribution in [0, 0.1) is 11.3 Å². The zero-order valence-electron chi connectivity index (χ0n) is 12.2. The number of hydrogen-bond acceptors (Lipinski definition) is 5. The Labute approximate surface area is 144 Å². The number of nitrogens with zero attached hydrogens (tertiary/aromatic N) is 1. The van der Waals surface area contributed by atoms with E-state index in [-0.39, 0.29) is 14.8 Å². The summed E-state index contributed by atoms with van der Waals surface area (Å²) in [5, 5.41) is 13.1. The molecule has 0 aromatic heterocycles. The van der Waals surface area contributed by atoms with Crippen LogP contribution in [-0.4, -0.2) is 14.7 Å². The lowest BCUT2D eigenvalue weighted by Crippen LogP contribution is -2.09. The first-order valence-electron chi connectivity index (χ1n) is 6.50. The summed E-state index contributed by atoms with van der Waals surface area (Å²) < 4.78 is 25.3. The maximum absolute atomic E-state index is 12.7. The largest absolute Gasteiger partial charge is 0.349 e. The number of benzene rings is 2. The number of anilines is 1. The van der Waals surface area contributed by atoms with Gasteiger partial charge in [0.2, 0.25) is 9.84 Å². The Balaban J connectivity index is 2.50. The van der Waals surface area contributed by atoms with Gasteiger partial charge in [0.05, 0.1) is 4.90 Å². The maximum atomic E-state index is 12.7. The Morgan fingerprint density at radius 2 is 1.87 bits per heavy atom. The molecule has 2 aromatic rings. The molecule has 0 spiro atoms. The van der Waals surface area contributed by atoms with E-state index in [1.807, 2.05) is 0 Å². The number of nitrogens with one attached hydrogen (secondary N) is 1. The second kappa shape index (κ2) is 7.55. The third-order valence-electron chi connectivity index (χ3n) is 2.92. The average molecular weight is 365 g/mol. The average Bonchev–Trinajstić information content (AvgIpc) is 2.55. The van der Waals surface area contributed by atoms with Crippen molar-refractivity contribution in [3.63, 3.8) is 0 Å². The molecule has 4 nitrogen and oxygen atoms in total. The predicted molar refractivity (Wildman–Crippen MR) is 94.9 cm³/mol. The molecule has 0 unspecified atom stereocenters. The highest BCUT2D eigenvalue weighted by molar-refractivity contribution is 8.04. The molecule has 0 atom stereocenters. The van der Waals surface area contributed by atoms with Crippen LogP contribution in [0.5, 0.6) is 0 Å². The van der Waals surface area contributed by atoms with E-state index in [0.29, 0.717) is 10.7 Å². The normalized spacial score (nSPS) is 12.2. The summed E-state index contributed by atoms with van der Waals surface area (Å²) in [6.07, 6.45) is 1.70. The molecule has 0 radical (unpaired) electrons. The number of rotatable bonds is 5. The van der Waals surface area contributed by atoms with Crippen LogP contribution in [-0.2, 0) is 9.84 Å². The van der Waals surface area contributed by atoms with E-state index in [4.69, 9.17) is 11.6 Å². The van der Waals surface area contributed by atoms with Gasteiger partial charge in [0.15, 0.2) is 4.91 Å². The zero-order valence-corrected chi connectivity index (χ0v) is 14.5. The minimum atomic E-state index is -3.89. The Bertz CT molecular complexity index is 872. The highest BCUT2D eigenvalue weighted by Gasteiger charge is 2.24. The summed E-state index contributed by atoms with van der Waals surface area (Å²) in [5.74, 6) is 0. The number of sulfone groups is 1. The van der Waals surface area contributed by atoms with Crippen molar-refractivity contribution in [1.29, 1.82) is 5.26 Å². The fourth-order valence-corrected chi connectivity index (χ4v) is 4.24.